The zero-order chi connectivity index (χ0) is 19.3. The molecule has 1 aromatic heterocycles. The van der Waals surface area contributed by atoms with Crippen molar-refractivity contribution < 1.29 is 13.2 Å². The van der Waals surface area contributed by atoms with Gasteiger partial charge >= 0.3 is 0 Å². The highest BCUT2D eigenvalue weighted by Crippen LogP contribution is 2.21. The van der Waals surface area contributed by atoms with E-state index in [4.69, 9.17) is 0 Å². The van der Waals surface area contributed by atoms with Crippen LogP contribution in [0.1, 0.15) is 30.5 Å². The summed E-state index contributed by atoms with van der Waals surface area (Å²) in [5, 5.41) is 5.36. The van der Waals surface area contributed by atoms with Crippen molar-refractivity contribution in [1.82, 2.24) is 9.88 Å². The van der Waals surface area contributed by atoms with Gasteiger partial charge in [0.05, 0.1) is 24.1 Å². The molecule has 0 bridgehead atoms. The molecular formula is C18H24N4O3S2. The van der Waals surface area contributed by atoms with Gasteiger partial charge in [-0.3, -0.25) is 14.4 Å². The minimum absolute atomic E-state index is 0.0692. The summed E-state index contributed by atoms with van der Waals surface area (Å²) in [6, 6.07) is 6.87. The monoisotopic (exact) mass is 408 g/mol. The maximum atomic E-state index is 12.4. The van der Waals surface area contributed by atoms with Crippen LogP contribution in [-0.2, 0) is 27.8 Å². The van der Waals surface area contributed by atoms with E-state index in [0.29, 0.717) is 16.4 Å². The number of aromatic nitrogens is 1. The lowest BCUT2D eigenvalue weighted by molar-refractivity contribution is -0.115. The van der Waals surface area contributed by atoms with Gasteiger partial charge in [-0.25, -0.2) is 13.4 Å². The van der Waals surface area contributed by atoms with Crippen LogP contribution in [0.25, 0.3) is 0 Å². The summed E-state index contributed by atoms with van der Waals surface area (Å²) in [4.78, 5) is 19.3. The van der Waals surface area contributed by atoms with Crippen molar-refractivity contribution in [2.24, 2.45) is 0 Å². The standard InChI is InChI=1S/C18H24N4O3S2/c1-27(24,25)21-16-8-4-3-7-14(16)11-17(23)20-18-19-15(13-26-18)12-22-9-5-2-6-10-22/h3-4,7-8,13,21H,2,5-6,9-12H2,1H3,(H,19,20,23). The molecule has 27 heavy (non-hydrogen) atoms. The molecule has 0 saturated carbocycles. The average Bonchev–Trinajstić information content (AvgIpc) is 3.03. The van der Waals surface area contributed by atoms with E-state index in [1.807, 2.05) is 5.38 Å². The number of rotatable bonds is 7. The number of sulfonamides is 1. The Labute approximate surface area is 163 Å². The van der Waals surface area contributed by atoms with E-state index in [1.165, 1.54) is 30.6 Å². The molecular weight excluding hydrogens is 384 g/mol. The summed E-state index contributed by atoms with van der Waals surface area (Å²) in [5.74, 6) is -0.225. The first-order chi connectivity index (χ1) is 12.9. The quantitative estimate of drug-likeness (QED) is 0.735. The molecule has 2 N–H and O–H groups in total. The van der Waals surface area contributed by atoms with Crippen LogP contribution in [-0.4, -0.2) is 43.6 Å². The van der Waals surface area contributed by atoms with E-state index in [2.05, 4.69) is 19.9 Å². The second-order valence-electron chi connectivity index (χ2n) is 6.74. The molecule has 1 aromatic carbocycles. The molecule has 2 heterocycles. The summed E-state index contributed by atoms with van der Waals surface area (Å²) in [6.45, 7) is 3.01. The van der Waals surface area contributed by atoms with Crippen molar-refractivity contribution in [3.8, 4) is 0 Å². The van der Waals surface area contributed by atoms with Crippen molar-refractivity contribution in [3.05, 3.63) is 40.9 Å². The van der Waals surface area contributed by atoms with E-state index in [1.54, 1.807) is 24.3 Å². The van der Waals surface area contributed by atoms with Crippen LogP contribution in [0.15, 0.2) is 29.6 Å². The highest BCUT2D eigenvalue weighted by atomic mass is 32.2. The first kappa shape index (κ1) is 19.8. The number of piperidine rings is 1. The van der Waals surface area contributed by atoms with Gasteiger partial charge in [0.1, 0.15) is 0 Å². The first-order valence-electron chi connectivity index (χ1n) is 8.91. The zero-order valence-electron chi connectivity index (χ0n) is 15.3. The van der Waals surface area contributed by atoms with Gasteiger partial charge in [-0.2, -0.15) is 0 Å². The number of nitrogens with one attached hydrogen (secondary N) is 2. The smallest absolute Gasteiger partial charge is 0.230 e. The van der Waals surface area contributed by atoms with Gasteiger partial charge in [0.2, 0.25) is 15.9 Å². The van der Waals surface area contributed by atoms with Crippen molar-refractivity contribution in [2.75, 3.05) is 29.4 Å². The fraction of sp³-hybridized carbons (Fsp3) is 0.444. The third kappa shape index (κ3) is 6.30. The van der Waals surface area contributed by atoms with E-state index in [-0.39, 0.29) is 12.3 Å². The number of carbonyl (C=O) groups excluding carboxylic acids is 1. The largest absolute Gasteiger partial charge is 0.302 e. The molecule has 0 spiro atoms. The van der Waals surface area contributed by atoms with Crippen molar-refractivity contribution in [2.45, 2.75) is 32.2 Å². The van der Waals surface area contributed by atoms with E-state index in [9.17, 15) is 13.2 Å². The summed E-state index contributed by atoms with van der Waals surface area (Å²) >= 11 is 1.41. The minimum Gasteiger partial charge on any atom is -0.302 e. The Morgan fingerprint density at radius 2 is 1.96 bits per heavy atom. The number of anilines is 2. The molecule has 0 atom stereocenters. The van der Waals surface area contributed by atoms with Crippen molar-refractivity contribution in [1.29, 1.82) is 0 Å². The molecule has 0 unspecified atom stereocenters. The molecule has 9 heteroatoms. The summed E-state index contributed by atoms with van der Waals surface area (Å²) in [7, 11) is -3.40. The molecule has 146 valence electrons. The number of benzene rings is 1. The number of nitrogens with zero attached hydrogens (tertiary/aromatic N) is 2. The number of thiazole rings is 1. The number of amides is 1. The SMILES string of the molecule is CS(=O)(=O)Nc1ccccc1CC(=O)Nc1nc(CN2CCCCC2)cs1. The molecule has 0 aliphatic carbocycles. The fourth-order valence-corrected chi connectivity index (χ4v) is 4.41. The van der Waals surface area contributed by atoms with Crippen LogP contribution < -0.4 is 10.0 Å². The molecule has 1 saturated heterocycles. The molecule has 1 amide bonds. The number of carbonyl (C=O) groups is 1. The molecule has 0 radical (unpaired) electrons. The van der Waals surface area contributed by atoms with Crippen LogP contribution in [0.2, 0.25) is 0 Å². The van der Waals surface area contributed by atoms with Gasteiger partial charge in [0, 0.05) is 11.9 Å². The maximum Gasteiger partial charge on any atom is 0.230 e. The van der Waals surface area contributed by atoms with Crippen molar-refractivity contribution in [3.63, 3.8) is 0 Å². The van der Waals surface area contributed by atoms with Gasteiger partial charge in [-0.05, 0) is 37.6 Å². The second kappa shape index (κ2) is 8.81. The van der Waals surface area contributed by atoms with Gasteiger partial charge in [-0.1, -0.05) is 24.6 Å². The molecule has 1 aliphatic heterocycles. The Morgan fingerprint density at radius 1 is 1.22 bits per heavy atom. The Bertz CT molecular complexity index is 890. The topological polar surface area (TPSA) is 91.4 Å². The lowest BCUT2D eigenvalue weighted by atomic mass is 10.1. The van der Waals surface area contributed by atoms with Crippen LogP contribution in [0.4, 0.5) is 10.8 Å². The fourth-order valence-electron chi connectivity index (χ4n) is 3.09. The second-order valence-corrected chi connectivity index (χ2v) is 9.34. The minimum atomic E-state index is -3.40. The lowest BCUT2D eigenvalue weighted by Crippen LogP contribution is -2.29. The van der Waals surface area contributed by atoms with Crippen LogP contribution >= 0.6 is 11.3 Å². The van der Waals surface area contributed by atoms with Gasteiger partial charge in [0.25, 0.3) is 0 Å². The number of hydrogen-bond acceptors (Lipinski definition) is 6. The molecule has 2 aromatic rings. The van der Waals surface area contributed by atoms with Gasteiger partial charge < -0.3 is 5.32 Å². The first-order valence-corrected chi connectivity index (χ1v) is 11.7. The zero-order valence-corrected chi connectivity index (χ0v) is 16.9. The Kier molecular flexibility index (Phi) is 6.46. The number of likely N-dealkylation sites (tertiary alicyclic amines) is 1. The van der Waals surface area contributed by atoms with E-state index in [0.717, 1.165) is 31.6 Å². The molecule has 1 fully saturated rings. The Hall–Kier alpha value is -1.97. The normalized spacial score (nSPS) is 15.4. The Morgan fingerprint density at radius 3 is 2.70 bits per heavy atom. The predicted molar refractivity (Wildman–Crippen MR) is 108 cm³/mol. The van der Waals surface area contributed by atoms with Crippen LogP contribution in [0.5, 0.6) is 0 Å². The van der Waals surface area contributed by atoms with Crippen LogP contribution in [0.3, 0.4) is 0 Å². The number of hydrogen-bond donors (Lipinski definition) is 2. The van der Waals surface area contributed by atoms with E-state index < -0.39 is 10.0 Å². The number of para-hydroxylation sites is 1. The third-order valence-corrected chi connectivity index (χ3v) is 5.69. The van der Waals surface area contributed by atoms with Crippen LogP contribution in [0, 0.1) is 0 Å². The molecule has 7 nitrogen and oxygen atoms in total. The summed E-state index contributed by atoms with van der Waals surface area (Å²) < 4.78 is 25.4. The maximum absolute atomic E-state index is 12.4. The molecule has 1 aliphatic rings. The lowest BCUT2D eigenvalue weighted by Gasteiger charge is -2.25. The predicted octanol–water partition coefficient (Wildman–Crippen LogP) is 2.68. The summed E-state index contributed by atoms with van der Waals surface area (Å²) in [6.07, 6.45) is 4.91. The highest BCUT2D eigenvalue weighted by Gasteiger charge is 2.14. The molecule has 3 rings (SSSR count). The van der Waals surface area contributed by atoms with E-state index >= 15 is 0 Å². The van der Waals surface area contributed by atoms with Gasteiger partial charge in [0.15, 0.2) is 5.13 Å². The van der Waals surface area contributed by atoms with Crippen molar-refractivity contribution >= 4 is 38.1 Å². The van der Waals surface area contributed by atoms with Gasteiger partial charge in [-0.15, -0.1) is 11.3 Å². The third-order valence-electron chi connectivity index (χ3n) is 4.30. The summed E-state index contributed by atoms with van der Waals surface area (Å²) in [5.41, 5.74) is 2.00. The Balaban J connectivity index is 1.58. The highest BCUT2D eigenvalue weighted by molar-refractivity contribution is 7.92. The average molecular weight is 409 g/mol.